The summed E-state index contributed by atoms with van der Waals surface area (Å²) in [4.78, 5) is 146. The molecule has 4 aromatic heterocycles. The number of likely N-dealkylation sites (tertiary alicyclic amines) is 2. The maximum Gasteiger partial charge on any atom is 0.343 e. The van der Waals surface area contributed by atoms with Crippen molar-refractivity contribution in [3.8, 4) is 34.3 Å². The number of quaternary nitrogens is 2. The Morgan fingerprint density at radius 3 is 1.25 bits per heavy atom. The van der Waals surface area contributed by atoms with Crippen molar-refractivity contribution in [3.05, 3.63) is 173 Å². The van der Waals surface area contributed by atoms with E-state index in [4.69, 9.17) is 28.9 Å². The number of aliphatic hydroxyl groups is 2. The Hall–Kier alpha value is -11.5. The first kappa shape index (κ1) is 87.9. The highest BCUT2D eigenvalue weighted by atomic mass is 19.1. The van der Waals surface area contributed by atoms with Gasteiger partial charge in [0.2, 0.25) is 35.4 Å². The maximum atomic E-state index is 15.4. The lowest BCUT2D eigenvalue weighted by molar-refractivity contribution is -0.929. The number of carbonyl (C=O) groups excluding carboxylic acids is 8. The van der Waals surface area contributed by atoms with Gasteiger partial charge in [0.05, 0.1) is 113 Å². The molecule has 33 heteroatoms. The number of rotatable bonds is 32. The number of halogens is 2. The molecule has 9 N–H and O–H groups in total. The van der Waals surface area contributed by atoms with E-state index in [0.717, 1.165) is 85.2 Å². The van der Waals surface area contributed by atoms with Gasteiger partial charge in [0.25, 0.3) is 11.1 Å². The van der Waals surface area contributed by atoms with E-state index in [2.05, 4.69) is 75.2 Å². The van der Waals surface area contributed by atoms with Crippen molar-refractivity contribution in [2.75, 3.05) is 105 Å². The third kappa shape index (κ3) is 18.3. The standard InChI is InChI=1S/C90H107F2N15O16/c1-11-89(118)67-39-73-81-63(45-104(73)85(114)65(67)49-122-87(89)116)61(59-37-75(120-9)69(91)41-71(59)100-81)43-102-33-25-57(26-34-102)106(5,6)47-53-13-17-55(18-14-53)98-83(112)51(3)96-79(110)23-21-77(108)94-31-29-93-30-32-95-78(109)22-24-80(111)97-52(4)84(113)99-56-19-15-54(16-20-56)48-107(7,8)58-27-35-103(36-28-58)44-62-60-38-76(121-10)70(92)42-72(60)101-82-64(62)46-105-74(82)40-68-66(86(105)115)50-123-88(117)90(68,119)12-2/h13-20,37-42,51-52,57-58,93,118-119H,11-12,21-36,43-50H2,1-10H3,(H4-2,94,95,96,97,98,99,108,109,110,111,112,113)/p+2/t51-,52-,89-,90-/m0/s1. The molecule has 4 atom stereocenters. The minimum absolute atomic E-state index is 0.00341. The molecule has 2 saturated heterocycles. The molecular formula is C90H109F2N15O16+2. The number of amides is 6. The number of hydrogen-bond donors (Lipinski definition) is 9. The number of aromatic nitrogens is 4. The Balaban J connectivity index is 0.448. The molecule has 0 spiro atoms. The van der Waals surface area contributed by atoms with Gasteiger partial charge in [-0.05, 0) is 86.3 Å². The molecule has 6 aliphatic rings. The van der Waals surface area contributed by atoms with Gasteiger partial charge in [-0.3, -0.25) is 48.2 Å². The number of anilines is 2. The van der Waals surface area contributed by atoms with E-state index in [1.807, 2.05) is 48.5 Å². The lowest BCUT2D eigenvalue weighted by atomic mass is 9.86. The first-order chi connectivity index (χ1) is 58.7. The molecule has 0 radical (unpaired) electrons. The van der Waals surface area contributed by atoms with Crippen LogP contribution in [0, 0.1) is 11.6 Å². The molecule has 0 bridgehead atoms. The highest BCUT2D eigenvalue weighted by molar-refractivity contribution is 5.99. The number of carbonyl (C=O) groups is 8. The number of nitrogens with one attached hydrogen (secondary N) is 7. The SMILES string of the molecule is CC[C@@]1(O)C(=O)OCc2c1cc1n(c2=O)Cc2c-1nc1cc(F)c(OC)cc1c2CN1CCC([N+](C)(C)Cc2ccc(NC(=O)[C@H](C)NC(=O)CCC(=O)NCCNCCNC(=O)CCC(=O)N[C@@H](C)C(=O)Nc3ccc(C[N+](C)(C)C4CCN(Cc5c6c(nc7cc(F)c(OC)cc57)-c5cc7c(c(=O)n5C6)COC(=O)[C@]7(O)CC)CC4)cc3)cc2)CC1. The summed E-state index contributed by atoms with van der Waals surface area (Å²) in [5.41, 5.74) is 5.40. The van der Waals surface area contributed by atoms with Gasteiger partial charge in [-0.25, -0.2) is 28.3 Å². The van der Waals surface area contributed by atoms with Gasteiger partial charge in [0.1, 0.15) is 38.4 Å². The third-order valence-corrected chi connectivity index (χ3v) is 25.6. The zero-order valence-corrected chi connectivity index (χ0v) is 71.2. The fraction of sp³-hybridized carbons (Fsp3) is 0.467. The minimum atomic E-state index is -1.99. The number of nitrogens with zero attached hydrogens (tertiary/aromatic N) is 8. The topological polar surface area (TPSA) is 374 Å². The molecule has 14 rings (SSSR count). The van der Waals surface area contributed by atoms with Gasteiger partial charge in [-0.15, -0.1) is 0 Å². The van der Waals surface area contributed by atoms with Crippen LogP contribution in [0.1, 0.15) is 148 Å². The second-order valence-corrected chi connectivity index (χ2v) is 34.3. The predicted octanol–water partition coefficient (Wildman–Crippen LogP) is 6.22. The van der Waals surface area contributed by atoms with Gasteiger partial charge in [0, 0.05) is 184 Å². The van der Waals surface area contributed by atoms with Crippen LogP contribution in [0.15, 0.2) is 94.5 Å². The summed E-state index contributed by atoms with van der Waals surface area (Å²) < 4.78 is 56.7. The van der Waals surface area contributed by atoms with Crippen LogP contribution in [0.4, 0.5) is 20.2 Å². The monoisotopic (exact) mass is 1690 g/mol. The molecule has 2 fully saturated rings. The lowest BCUT2D eigenvalue weighted by Crippen LogP contribution is -2.53. The summed E-state index contributed by atoms with van der Waals surface area (Å²) in [6.07, 6.45) is 3.04. The number of methoxy groups -OCH3 is 2. The van der Waals surface area contributed by atoms with Crippen LogP contribution in [0.25, 0.3) is 44.6 Å². The molecule has 10 heterocycles. The molecule has 123 heavy (non-hydrogen) atoms. The summed E-state index contributed by atoms with van der Waals surface area (Å²) in [5, 5.41) is 44.0. The summed E-state index contributed by atoms with van der Waals surface area (Å²) in [5.74, 6) is -5.14. The predicted molar refractivity (Wildman–Crippen MR) is 453 cm³/mol. The Morgan fingerprint density at radius 2 is 0.894 bits per heavy atom. The van der Waals surface area contributed by atoms with Crippen LogP contribution < -0.4 is 57.8 Å². The Morgan fingerprint density at radius 1 is 0.528 bits per heavy atom. The number of ether oxygens (including phenoxy) is 4. The largest absolute Gasteiger partial charge is 0.494 e. The van der Waals surface area contributed by atoms with Crippen LogP contribution in [-0.4, -0.2) is 214 Å². The third-order valence-electron chi connectivity index (χ3n) is 25.6. The smallest absolute Gasteiger partial charge is 0.343 e. The van der Waals surface area contributed by atoms with E-state index in [9.17, 15) is 58.2 Å². The number of fused-ring (bicyclic) bond motifs is 10. The lowest BCUT2D eigenvalue weighted by Gasteiger charge is -2.43. The summed E-state index contributed by atoms with van der Waals surface area (Å²) in [6.45, 7) is 13.0. The van der Waals surface area contributed by atoms with E-state index in [-0.39, 0.29) is 135 Å². The highest BCUT2D eigenvalue weighted by Crippen LogP contribution is 2.45. The normalized spacial score (nSPS) is 18.2. The minimum Gasteiger partial charge on any atom is -0.494 e. The van der Waals surface area contributed by atoms with E-state index >= 15 is 8.78 Å². The molecule has 6 amide bonds. The average molecular weight is 1690 g/mol. The first-order valence-electron chi connectivity index (χ1n) is 42.2. The molecule has 0 unspecified atom stereocenters. The molecule has 0 aliphatic carbocycles. The van der Waals surface area contributed by atoms with Crippen molar-refractivity contribution in [3.63, 3.8) is 0 Å². The van der Waals surface area contributed by atoms with Crippen molar-refractivity contribution >= 4 is 80.6 Å². The summed E-state index contributed by atoms with van der Waals surface area (Å²) in [7, 11) is 11.6. The highest BCUT2D eigenvalue weighted by Gasteiger charge is 2.48. The van der Waals surface area contributed by atoms with Crippen molar-refractivity contribution in [1.82, 2.24) is 55.5 Å². The van der Waals surface area contributed by atoms with Gasteiger partial charge in [-0.2, -0.15) is 0 Å². The van der Waals surface area contributed by atoms with Crippen molar-refractivity contribution in [1.29, 1.82) is 0 Å². The molecule has 4 aromatic carbocycles. The van der Waals surface area contributed by atoms with Gasteiger partial charge in [0.15, 0.2) is 34.3 Å². The molecule has 8 aromatic rings. The Bertz CT molecular complexity index is 5290. The fourth-order valence-corrected chi connectivity index (χ4v) is 18.2. The van der Waals surface area contributed by atoms with E-state index in [1.54, 1.807) is 61.1 Å². The fourth-order valence-electron chi connectivity index (χ4n) is 18.2. The summed E-state index contributed by atoms with van der Waals surface area (Å²) in [6, 6.07) is 23.3. The number of esters is 2. The number of benzene rings is 4. The second-order valence-electron chi connectivity index (χ2n) is 34.3. The van der Waals surface area contributed by atoms with Crippen LogP contribution in [0.2, 0.25) is 0 Å². The number of hydrogen-bond acceptors (Lipinski definition) is 21. The molecule has 6 aliphatic heterocycles. The summed E-state index contributed by atoms with van der Waals surface area (Å²) >= 11 is 0. The Kier molecular flexibility index (Phi) is 25.8. The van der Waals surface area contributed by atoms with Gasteiger partial charge >= 0.3 is 11.9 Å². The van der Waals surface area contributed by atoms with Crippen molar-refractivity contribution in [2.45, 2.75) is 180 Å². The van der Waals surface area contributed by atoms with E-state index in [1.165, 1.54) is 26.4 Å². The molecule has 31 nitrogen and oxygen atoms in total. The van der Waals surface area contributed by atoms with Crippen LogP contribution in [0.5, 0.6) is 11.5 Å². The van der Waals surface area contributed by atoms with Crippen molar-refractivity contribution < 1.29 is 85.3 Å². The molecule has 0 saturated carbocycles. The maximum absolute atomic E-state index is 15.4. The van der Waals surface area contributed by atoms with Gasteiger partial charge < -0.3 is 84.5 Å². The second kappa shape index (κ2) is 36.2. The van der Waals surface area contributed by atoms with Crippen molar-refractivity contribution in [2.24, 2.45) is 0 Å². The quantitative estimate of drug-likeness (QED) is 0.0128. The molecule has 652 valence electrons. The van der Waals surface area contributed by atoms with Gasteiger partial charge in [-0.1, -0.05) is 38.1 Å². The van der Waals surface area contributed by atoms with E-state index < -0.39 is 70.5 Å². The zero-order chi connectivity index (χ0) is 87.7. The van der Waals surface area contributed by atoms with E-state index in [0.29, 0.717) is 116 Å². The zero-order valence-electron chi connectivity index (χ0n) is 71.2. The Labute approximate surface area is 710 Å². The van der Waals surface area contributed by atoms with Crippen LogP contribution in [0.3, 0.4) is 0 Å². The number of cyclic esters (lactones) is 2. The number of piperidine rings is 2. The molecular weight excluding hydrogens is 1590 g/mol. The number of pyridine rings is 4. The first-order valence-corrected chi connectivity index (χ1v) is 42.2. The average Bonchev–Trinajstić information content (AvgIpc) is 0.922. The van der Waals surface area contributed by atoms with Crippen LogP contribution >= 0.6 is 0 Å². The van der Waals surface area contributed by atoms with Crippen LogP contribution in [-0.2, 0) is 112 Å².